The normalized spacial score (nSPS) is 11.3. The molecule has 100 valence electrons. The van der Waals surface area contributed by atoms with Gasteiger partial charge in [0.25, 0.3) is 10.0 Å². The van der Waals surface area contributed by atoms with E-state index in [2.05, 4.69) is 27.3 Å². The van der Waals surface area contributed by atoms with E-state index >= 15 is 0 Å². The smallest absolute Gasteiger partial charge is 0.261 e. The quantitative estimate of drug-likeness (QED) is 0.624. The van der Waals surface area contributed by atoms with Crippen LogP contribution in [-0.4, -0.2) is 8.42 Å². The summed E-state index contributed by atoms with van der Waals surface area (Å²) in [6, 6.07) is 10.2. The van der Waals surface area contributed by atoms with Gasteiger partial charge in [-0.2, -0.15) is 0 Å². The van der Waals surface area contributed by atoms with E-state index in [0.717, 1.165) is 9.64 Å². The van der Waals surface area contributed by atoms with E-state index in [4.69, 9.17) is 5.73 Å². The van der Waals surface area contributed by atoms with Crippen molar-refractivity contribution in [3.05, 3.63) is 51.9 Å². The van der Waals surface area contributed by atoms with Crippen molar-refractivity contribution in [2.45, 2.75) is 4.90 Å². The van der Waals surface area contributed by atoms with Gasteiger partial charge in [-0.3, -0.25) is 4.72 Å². The van der Waals surface area contributed by atoms with E-state index in [9.17, 15) is 12.8 Å². The molecule has 0 aliphatic carbocycles. The Kier molecular flexibility index (Phi) is 3.95. The lowest BCUT2D eigenvalue weighted by Gasteiger charge is -2.08. The van der Waals surface area contributed by atoms with Gasteiger partial charge in [-0.15, -0.1) is 0 Å². The van der Waals surface area contributed by atoms with Crippen molar-refractivity contribution in [3.63, 3.8) is 0 Å². The maximum absolute atomic E-state index is 13.3. The number of halogens is 2. The fourth-order valence-electron chi connectivity index (χ4n) is 1.41. The van der Waals surface area contributed by atoms with Crippen molar-refractivity contribution in [2.24, 2.45) is 0 Å². The second-order valence-corrected chi connectivity index (χ2v) is 6.72. The van der Waals surface area contributed by atoms with Gasteiger partial charge in [-0.1, -0.05) is 0 Å². The Labute approximate surface area is 124 Å². The Balaban J connectivity index is 2.32. The number of anilines is 2. The summed E-state index contributed by atoms with van der Waals surface area (Å²) in [4.78, 5) is -0.169. The number of nitrogens with one attached hydrogen (secondary N) is 1. The van der Waals surface area contributed by atoms with Crippen LogP contribution in [0.4, 0.5) is 15.8 Å². The third-order valence-corrected chi connectivity index (χ3v) is 4.48. The van der Waals surface area contributed by atoms with E-state index in [1.54, 1.807) is 24.3 Å². The zero-order chi connectivity index (χ0) is 14.0. The maximum atomic E-state index is 13.3. The van der Waals surface area contributed by atoms with Crippen molar-refractivity contribution in [2.75, 3.05) is 10.5 Å². The minimum absolute atomic E-state index is 0.0896. The maximum Gasteiger partial charge on any atom is 0.261 e. The molecule has 0 aromatic heterocycles. The predicted molar refractivity (Wildman–Crippen MR) is 80.8 cm³/mol. The van der Waals surface area contributed by atoms with Gasteiger partial charge >= 0.3 is 0 Å². The van der Waals surface area contributed by atoms with Crippen LogP contribution in [0.2, 0.25) is 0 Å². The number of hydrogen-bond donors (Lipinski definition) is 2. The lowest BCUT2D eigenvalue weighted by molar-refractivity contribution is 0.596. The summed E-state index contributed by atoms with van der Waals surface area (Å²) < 4.78 is 40.7. The zero-order valence-electron chi connectivity index (χ0n) is 9.60. The van der Waals surface area contributed by atoms with Crippen molar-refractivity contribution in [1.29, 1.82) is 0 Å². The van der Waals surface area contributed by atoms with Crippen LogP contribution in [0.5, 0.6) is 0 Å². The molecule has 0 bridgehead atoms. The summed E-state index contributed by atoms with van der Waals surface area (Å²) in [6.45, 7) is 0. The summed E-state index contributed by atoms with van der Waals surface area (Å²) in [5.74, 6) is -0.759. The summed E-state index contributed by atoms with van der Waals surface area (Å²) >= 11 is 2.11. The lowest BCUT2D eigenvalue weighted by atomic mass is 10.3. The average Bonchev–Trinajstić information content (AvgIpc) is 2.35. The zero-order valence-corrected chi connectivity index (χ0v) is 12.6. The van der Waals surface area contributed by atoms with Gasteiger partial charge in [-0.05, 0) is 65.1 Å². The first-order valence-electron chi connectivity index (χ1n) is 5.22. The van der Waals surface area contributed by atoms with E-state index in [1.165, 1.54) is 12.1 Å². The van der Waals surface area contributed by atoms with Crippen LogP contribution in [0.1, 0.15) is 0 Å². The van der Waals surface area contributed by atoms with Crippen LogP contribution in [0.25, 0.3) is 0 Å². The topological polar surface area (TPSA) is 72.2 Å². The first-order chi connectivity index (χ1) is 8.88. The number of nitrogens with two attached hydrogens (primary N) is 1. The van der Waals surface area contributed by atoms with Crippen LogP contribution >= 0.6 is 22.6 Å². The van der Waals surface area contributed by atoms with Crippen molar-refractivity contribution < 1.29 is 12.8 Å². The van der Waals surface area contributed by atoms with Crippen LogP contribution < -0.4 is 10.5 Å². The molecule has 3 N–H and O–H groups in total. The highest BCUT2D eigenvalue weighted by Gasteiger charge is 2.15. The molecule has 0 atom stereocenters. The van der Waals surface area contributed by atoms with Gasteiger partial charge in [0.05, 0.1) is 10.6 Å². The highest BCUT2D eigenvalue weighted by molar-refractivity contribution is 14.1. The molecule has 7 heteroatoms. The molecule has 4 nitrogen and oxygen atoms in total. The summed E-state index contributed by atoms with van der Waals surface area (Å²) in [5, 5.41) is 0. The average molecular weight is 392 g/mol. The van der Waals surface area contributed by atoms with Crippen LogP contribution in [0.15, 0.2) is 47.4 Å². The fourth-order valence-corrected chi connectivity index (χ4v) is 2.84. The lowest BCUT2D eigenvalue weighted by Crippen LogP contribution is -2.13. The second-order valence-electron chi connectivity index (χ2n) is 3.80. The van der Waals surface area contributed by atoms with E-state index in [0.29, 0.717) is 5.69 Å². The second kappa shape index (κ2) is 5.33. The summed E-state index contributed by atoms with van der Waals surface area (Å²) in [7, 11) is -3.81. The van der Waals surface area contributed by atoms with Gasteiger partial charge in [0.2, 0.25) is 0 Å². The van der Waals surface area contributed by atoms with Crippen LogP contribution in [-0.2, 0) is 10.0 Å². The minimum atomic E-state index is -3.81. The highest BCUT2D eigenvalue weighted by atomic mass is 127. The molecule has 2 aromatic carbocycles. The molecule has 0 spiro atoms. The van der Waals surface area contributed by atoms with Gasteiger partial charge < -0.3 is 5.73 Å². The molecular weight excluding hydrogens is 382 g/mol. The third kappa shape index (κ3) is 3.35. The first kappa shape index (κ1) is 14.1. The third-order valence-electron chi connectivity index (χ3n) is 2.38. The van der Waals surface area contributed by atoms with Crippen molar-refractivity contribution in [3.8, 4) is 0 Å². The Morgan fingerprint density at radius 1 is 1.11 bits per heavy atom. The fraction of sp³-hybridized carbons (Fsp3) is 0. The standard InChI is InChI=1S/C12H10FIN2O2S/c13-11-7-10(5-6-12(11)15)19(17,18)16-9-3-1-8(14)2-4-9/h1-7,16H,15H2. The van der Waals surface area contributed by atoms with Crippen molar-refractivity contribution in [1.82, 2.24) is 0 Å². The van der Waals surface area contributed by atoms with Crippen molar-refractivity contribution >= 4 is 44.0 Å². The molecule has 2 aromatic rings. The molecule has 0 aliphatic heterocycles. The highest BCUT2D eigenvalue weighted by Crippen LogP contribution is 2.20. The molecule has 2 rings (SSSR count). The predicted octanol–water partition coefficient (Wildman–Crippen LogP) is 2.81. The SMILES string of the molecule is Nc1ccc(S(=O)(=O)Nc2ccc(I)cc2)cc1F. The van der Waals surface area contributed by atoms with E-state index < -0.39 is 15.8 Å². The molecule has 0 fully saturated rings. The summed E-state index contributed by atoms with van der Waals surface area (Å²) in [6.07, 6.45) is 0. The Hall–Kier alpha value is -1.35. The molecular formula is C12H10FIN2O2S. The van der Waals surface area contributed by atoms with Crippen LogP contribution in [0.3, 0.4) is 0 Å². The van der Waals surface area contributed by atoms with E-state index in [1.807, 2.05) is 0 Å². The molecule has 0 heterocycles. The van der Waals surface area contributed by atoms with Crippen LogP contribution in [0, 0.1) is 9.39 Å². The molecule has 0 amide bonds. The first-order valence-corrected chi connectivity index (χ1v) is 7.78. The Bertz CT molecular complexity index is 702. The number of sulfonamides is 1. The summed E-state index contributed by atoms with van der Waals surface area (Å²) in [5.41, 5.74) is 5.64. The van der Waals surface area contributed by atoms with E-state index in [-0.39, 0.29) is 10.6 Å². The molecule has 0 aliphatic rings. The number of hydrogen-bond acceptors (Lipinski definition) is 3. The Morgan fingerprint density at radius 3 is 2.32 bits per heavy atom. The molecule has 0 unspecified atom stereocenters. The molecule has 0 saturated heterocycles. The number of nitrogen functional groups attached to an aromatic ring is 1. The number of rotatable bonds is 3. The number of benzene rings is 2. The van der Waals surface area contributed by atoms with Gasteiger partial charge in [-0.25, -0.2) is 12.8 Å². The molecule has 19 heavy (non-hydrogen) atoms. The monoisotopic (exact) mass is 392 g/mol. The minimum Gasteiger partial charge on any atom is -0.396 e. The largest absolute Gasteiger partial charge is 0.396 e. The van der Waals surface area contributed by atoms with Gasteiger partial charge in [0.1, 0.15) is 5.82 Å². The molecule has 0 saturated carbocycles. The van der Waals surface area contributed by atoms with Gasteiger partial charge in [0.15, 0.2) is 0 Å². The molecule has 0 radical (unpaired) electrons. The Morgan fingerprint density at radius 2 is 1.74 bits per heavy atom. The van der Waals surface area contributed by atoms with Gasteiger partial charge in [0, 0.05) is 9.26 Å².